The summed E-state index contributed by atoms with van der Waals surface area (Å²) in [5.74, 6) is 0. The molecule has 0 fully saturated rings. The minimum absolute atomic E-state index is 0.0257. The van der Waals surface area contributed by atoms with Gasteiger partial charge in [0, 0.05) is 71.1 Å². The number of rotatable bonds is 6. The molecule has 0 saturated carbocycles. The third-order valence-corrected chi connectivity index (χ3v) is 14.5. The zero-order valence-electron chi connectivity index (χ0n) is 37.1. The first-order valence-corrected chi connectivity index (χ1v) is 23.2. The predicted molar refractivity (Wildman–Crippen MR) is 277 cm³/mol. The summed E-state index contributed by atoms with van der Waals surface area (Å²) >= 11 is 1.94. The van der Waals surface area contributed by atoms with E-state index in [2.05, 4.69) is 226 Å². The molecule has 1 aliphatic rings. The Bertz CT molecular complexity index is 3580. The molecule has 310 valence electrons. The molecule has 0 unspecified atom stereocenters. The van der Waals surface area contributed by atoms with Crippen LogP contribution < -0.4 is 20.5 Å². The van der Waals surface area contributed by atoms with Crippen LogP contribution in [-0.4, -0.2) is 11.8 Å². The van der Waals surface area contributed by atoms with Gasteiger partial charge in [0.05, 0.1) is 11.2 Å². The van der Waals surface area contributed by atoms with Crippen molar-refractivity contribution in [3.05, 3.63) is 181 Å². The Morgan fingerprint density at radius 2 is 1.20 bits per heavy atom. The maximum absolute atomic E-state index is 6.54. The average molecular weight is 846 g/mol. The number of nitrogens with one attached hydrogen (secondary N) is 1. The van der Waals surface area contributed by atoms with Crippen molar-refractivity contribution in [2.24, 2.45) is 0 Å². The standard InChI is InChI=1S/C58H48BN3OS/c1-57(2,3)35-21-24-37(25-22-35)60-48-32-40(61(38-15-9-7-10-16-38)39-17-11-8-12-18-39)26-27-41(48)43-28-29-44-45-34-51-46(42-19-13-14-20-50(42)63-51)33-49(45)62-54(44)53(43)59-56-55(62)47-31-36(58(4,5)6)23-30-52(47)64-56/h7-34,59-60H,1-6H3. The van der Waals surface area contributed by atoms with E-state index < -0.39 is 0 Å². The number of benzene rings is 8. The van der Waals surface area contributed by atoms with Crippen molar-refractivity contribution in [1.82, 2.24) is 4.57 Å². The van der Waals surface area contributed by atoms with E-state index in [4.69, 9.17) is 4.42 Å². The molecule has 1 N–H and O–H groups in total. The van der Waals surface area contributed by atoms with Crippen molar-refractivity contribution >= 4 is 111 Å². The maximum atomic E-state index is 6.54. The van der Waals surface area contributed by atoms with Gasteiger partial charge >= 0.3 is 0 Å². The van der Waals surface area contributed by atoms with E-state index >= 15 is 0 Å². The molecule has 3 aromatic heterocycles. The molecule has 64 heavy (non-hydrogen) atoms. The van der Waals surface area contributed by atoms with Crippen LogP contribution in [0, 0.1) is 0 Å². The number of hydrogen-bond acceptors (Lipinski definition) is 4. The maximum Gasteiger partial charge on any atom is 0.211 e. The zero-order valence-corrected chi connectivity index (χ0v) is 37.9. The third kappa shape index (κ3) is 6.18. The summed E-state index contributed by atoms with van der Waals surface area (Å²) < 4.78 is 11.9. The molecular formula is C58H48BN3OS. The van der Waals surface area contributed by atoms with Gasteiger partial charge in [0.2, 0.25) is 7.28 Å². The van der Waals surface area contributed by atoms with Crippen LogP contribution >= 0.6 is 11.3 Å². The van der Waals surface area contributed by atoms with Gasteiger partial charge in [0.1, 0.15) is 11.2 Å². The summed E-state index contributed by atoms with van der Waals surface area (Å²) in [6, 6.07) is 62.2. The summed E-state index contributed by atoms with van der Waals surface area (Å²) in [5, 5.41) is 10.0. The fraction of sp³-hybridized carbons (Fsp3) is 0.138. The number of fused-ring (bicyclic) bond motifs is 10. The number of furan rings is 1. The number of hydrogen-bond donors (Lipinski definition) is 1. The fourth-order valence-corrected chi connectivity index (χ4v) is 11.2. The lowest BCUT2D eigenvalue weighted by Gasteiger charge is -2.27. The van der Waals surface area contributed by atoms with Gasteiger partial charge in [-0.05, 0) is 117 Å². The Labute approximate surface area is 378 Å². The van der Waals surface area contributed by atoms with Crippen molar-refractivity contribution in [3.63, 3.8) is 0 Å². The largest absolute Gasteiger partial charge is 0.456 e. The van der Waals surface area contributed by atoms with Gasteiger partial charge in [-0.25, -0.2) is 0 Å². The van der Waals surface area contributed by atoms with Crippen molar-refractivity contribution in [3.8, 4) is 16.8 Å². The van der Waals surface area contributed by atoms with Crippen molar-refractivity contribution in [1.29, 1.82) is 0 Å². The molecule has 11 aromatic rings. The predicted octanol–water partition coefficient (Wildman–Crippen LogP) is 15.1. The van der Waals surface area contributed by atoms with Crippen LogP contribution in [-0.2, 0) is 10.8 Å². The van der Waals surface area contributed by atoms with Crippen molar-refractivity contribution < 1.29 is 4.42 Å². The highest BCUT2D eigenvalue weighted by molar-refractivity contribution is 7.29. The van der Waals surface area contributed by atoms with Crippen molar-refractivity contribution in [2.75, 3.05) is 10.2 Å². The summed E-state index contributed by atoms with van der Waals surface area (Å²) in [7, 11) is 0.837. The van der Waals surface area contributed by atoms with E-state index in [0.29, 0.717) is 0 Å². The molecule has 0 amide bonds. The highest BCUT2D eigenvalue weighted by atomic mass is 32.1. The van der Waals surface area contributed by atoms with Crippen LogP contribution in [0.2, 0.25) is 0 Å². The van der Waals surface area contributed by atoms with Gasteiger partial charge in [-0.3, -0.25) is 0 Å². The van der Waals surface area contributed by atoms with E-state index in [9.17, 15) is 0 Å². The van der Waals surface area contributed by atoms with Gasteiger partial charge in [-0.1, -0.05) is 133 Å². The Morgan fingerprint density at radius 3 is 1.92 bits per heavy atom. The minimum atomic E-state index is 0.0257. The third-order valence-electron chi connectivity index (χ3n) is 13.3. The van der Waals surface area contributed by atoms with Crippen LogP contribution in [0.15, 0.2) is 174 Å². The molecule has 0 atom stereocenters. The SMILES string of the molecule is CC(C)(C)c1ccc(Nc2cc(N(c3ccccc3)c3ccccc3)ccc2-c2ccc3c4cc5oc6ccccc6c5cc4n4c3c2Bc2sc3ccc(C(C)(C)C)cc3c2-4)cc1. The Kier molecular flexibility index (Phi) is 8.60. The lowest BCUT2D eigenvalue weighted by atomic mass is 9.63. The summed E-state index contributed by atoms with van der Waals surface area (Å²) in [5.41, 5.74) is 17.5. The molecule has 0 aliphatic carbocycles. The Morgan fingerprint density at radius 1 is 0.531 bits per heavy atom. The van der Waals surface area contributed by atoms with E-state index in [1.807, 2.05) is 11.3 Å². The molecule has 8 aromatic carbocycles. The first kappa shape index (κ1) is 38.6. The minimum Gasteiger partial charge on any atom is -0.456 e. The normalized spacial score (nSPS) is 12.7. The highest BCUT2D eigenvalue weighted by Gasteiger charge is 2.31. The van der Waals surface area contributed by atoms with Crippen LogP contribution in [0.4, 0.5) is 28.4 Å². The first-order chi connectivity index (χ1) is 31.0. The van der Waals surface area contributed by atoms with E-state index in [-0.39, 0.29) is 10.8 Å². The lowest BCUT2D eigenvalue weighted by molar-refractivity contribution is 0.590. The topological polar surface area (TPSA) is 33.3 Å². The number of anilines is 5. The van der Waals surface area contributed by atoms with Gasteiger partial charge in [-0.2, -0.15) is 0 Å². The molecule has 4 nitrogen and oxygen atoms in total. The number of para-hydroxylation sites is 3. The molecule has 0 spiro atoms. The van der Waals surface area contributed by atoms with E-state index in [0.717, 1.165) is 63.2 Å². The Balaban J connectivity index is 1.12. The average Bonchev–Trinajstić information content (AvgIpc) is 3.95. The fourth-order valence-electron chi connectivity index (χ4n) is 10.0. The second-order valence-corrected chi connectivity index (χ2v) is 20.6. The van der Waals surface area contributed by atoms with E-state index in [1.165, 1.54) is 64.5 Å². The summed E-state index contributed by atoms with van der Waals surface area (Å²) in [4.78, 5) is 2.34. The van der Waals surface area contributed by atoms with Crippen molar-refractivity contribution in [2.45, 2.75) is 52.4 Å². The Hall–Kier alpha value is -7.02. The molecule has 0 saturated heterocycles. The zero-order chi connectivity index (χ0) is 43.5. The molecule has 1 aliphatic heterocycles. The van der Waals surface area contributed by atoms with Gasteiger partial charge in [0.15, 0.2) is 0 Å². The van der Waals surface area contributed by atoms with Crippen LogP contribution in [0.3, 0.4) is 0 Å². The lowest BCUT2D eigenvalue weighted by Crippen LogP contribution is -2.35. The monoisotopic (exact) mass is 845 g/mol. The molecule has 0 bridgehead atoms. The van der Waals surface area contributed by atoms with Gasteiger partial charge < -0.3 is 19.2 Å². The number of thiophene rings is 1. The van der Waals surface area contributed by atoms with Crippen LogP contribution in [0.25, 0.3) is 70.6 Å². The van der Waals surface area contributed by atoms with Gasteiger partial charge in [-0.15, -0.1) is 11.3 Å². The number of nitrogens with zero attached hydrogens (tertiary/aromatic N) is 2. The van der Waals surface area contributed by atoms with E-state index in [1.54, 1.807) is 0 Å². The second-order valence-electron chi connectivity index (χ2n) is 19.5. The highest BCUT2D eigenvalue weighted by Crippen LogP contribution is 2.45. The second kappa shape index (κ2) is 14.3. The molecule has 12 rings (SSSR count). The first-order valence-electron chi connectivity index (χ1n) is 22.4. The van der Waals surface area contributed by atoms with Gasteiger partial charge in [0.25, 0.3) is 0 Å². The quantitative estimate of drug-likeness (QED) is 0.169. The summed E-state index contributed by atoms with van der Waals surface area (Å²) in [6.45, 7) is 13.7. The molecular weight excluding hydrogens is 798 g/mol. The molecule has 4 heterocycles. The summed E-state index contributed by atoms with van der Waals surface area (Å²) in [6.07, 6.45) is 0. The molecule has 6 heteroatoms. The smallest absolute Gasteiger partial charge is 0.211 e. The number of aromatic nitrogens is 1. The van der Waals surface area contributed by atoms with Crippen LogP contribution in [0.5, 0.6) is 0 Å². The van der Waals surface area contributed by atoms with Crippen LogP contribution in [0.1, 0.15) is 52.7 Å². The molecule has 0 radical (unpaired) electrons.